The Kier molecular flexibility index (Phi) is 4.34. The van der Waals surface area contributed by atoms with Crippen LogP contribution in [-0.2, 0) is 6.54 Å². The average Bonchev–Trinajstić information content (AvgIpc) is 2.95. The van der Waals surface area contributed by atoms with Crippen LogP contribution in [-0.4, -0.2) is 20.3 Å². The van der Waals surface area contributed by atoms with Crippen molar-refractivity contribution in [3.63, 3.8) is 0 Å². The molecule has 0 aliphatic carbocycles. The molecule has 0 spiro atoms. The highest BCUT2D eigenvalue weighted by atomic mass is 32.2. The van der Waals surface area contributed by atoms with Crippen LogP contribution >= 0.6 is 11.8 Å². The van der Waals surface area contributed by atoms with E-state index in [2.05, 4.69) is 45.7 Å². The van der Waals surface area contributed by atoms with Crippen molar-refractivity contribution in [2.24, 2.45) is 0 Å². The Balaban J connectivity index is 1.70. The summed E-state index contributed by atoms with van der Waals surface area (Å²) in [5, 5.41) is 0. The Morgan fingerprint density at radius 3 is 2.73 bits per heavy atom. The van der Waals surface area contributed by atoms with E-state index in [1.807, 2.05) is 31.1 Å². The fraction of sp³-hybridized carbons (Fsp3) is 0.294. The Bertz CT molecular complexity index is 780. The molecule has 0 fully saturated rings. The fourth-order valence-electron chi connectivity index (χ4n) is 2.56. The van der Waals surface area contributed by atoms with Gasteiger partial charge in [-0.05, 0) is 43.7 Å². The maximum Gasteiger partial charge on any atom is 0.151 e. The maximum absolute atomic E-state index is 5.98. The van der Waals surface area contributed by atoms with E-state index in [1.165, 1.54) is 4.90 Å². The van der Waals surface area contributed by atoms with Crippen molar-refractivity contribution in [3.8, 4) is 0 Å². The van der Waals surface area contributed by atoms with Crippen LogP contribution in [0.2, 0.25) is 0 Å². The van der Waals surface area contributed by atoms with E-state index in [0.717, 1.165) is 41.0 Å². The summed E-state index contributed by atoms with van der Waals surface area (Å²) in [4.78, 5) is 10.1. The van der Waals surface area contributed by atoms with Crippen LogP contribution in [0.15, 0.2) is 41.6 Å². The SMILES string of the molecule is Cc1nc(N)c2ncn(CCCSc3ccccc3)c2c1C. The summed E-state index contributed by atoms with van der Waals surface area (Å²) in [5.74, 6) is 1.61. The number of rotatable bonds is 5. The Labute approximate surface area is 134 Å². The lowest BCUT2D eigenvalue weighted by Gasteiger charge is -2.09. The number of nitrogens with two attached hydrogens (primary N) is 1. The van der Waals surface area contributed by atoms with Gasteiger partial charge in [0.1, 0.15) is 5.52 Å². The van der Waals surface area contributed by atoms with Crippen molar-refractivity contribution in [2.45, 2.75) is 31.7 Å². The summed E-state index contributed by atoms with van der Waals surface area (Å²) in [6, 6.07) is 10.5. The molecule has 0 amide bonds. The van der Waals surface area contributed by atoms with Crippen molar-refractivity contribution < 1.29 is 0 Å². The Morgan fingerprint density at radius 2 is 1.95 bits per heavy atom. The molecular formula is C17H20N4S. The number of nitrogens with zero attached hydrogens (tertiary/aromatic N) is 3. The highest BCUT2D eigenvalue weighted by Crippen LogP contribution is 2.24. The van der Waals surface area contributed by atoms with Crippen molar-refractivity contribution in [2.75, 3.05) is 11.5 Å². The summed E-state index contributed by atoms with van der Waals surface area (Å²) in [5.41, 5.74) is 10.1. The van der Waals surface area contributed by atoms with Crippen LogP contribution in [0.3, 0.4) is 0 Å². The molecule has 0 atom stereocenters. The largest absolute Gasteiger partial charge is 0.382 e. The van der Waals surface area contributed by atoms with Gasteiger partial charge in [-0.1, -0.05) is 18.2 Å². The van der Waals surface area contributed by atoms with Crippen molar-refractivity contribution in [1.82, 2.24) is 14.5 Å². The number of thioether (sulfide) groups is 1. The number of hydrogen-bond donors (Lipinski definition) is 1. The number of pyridine rings is 1. The highest BCUT2D eigenvalue weighted by Gasteiger charge is 2.12. The summed E-state index contributed by atoms with van der Waals surface area (Å²) >= 11 is 1.89. The molecule has 0 aliphatic rings. The minimum absolute atomic E-state index is 0.524. The summed E-state index contributed by atoms with van der Waals surface area (Å²) in [6.45, 7) is 5.02. The molecule has 0 saturated heterocycles. The molecule has 0 radical (unpaired) electrons. The molecule has 0 saturated carbocycles. The topological polar surface area (TPSA) is 56.7 Å². The first-order valence-electron chi connectivity index (χ1n) is 7.42. The second-order valence-corrected chi connectivity index (χ2v) is 6.53. The molecule has 1 aromatic carbocycles. The smallest absolute Gasteiger partial charge is 0.151 e. The Hall–Kier alpha value is -2.01. The van der Waals surface area contributed by atoms with Gasteiger partial charge in [-0.2, -0.15) is 0 Å². The predicted octanol–water partition coefficient (Wildman–Crippen LogP) is 3.81. The first-order valence-corrected chi connectivity index (χ1v) is 8.40. The number of fused-ring (bicyclic) bond motifs is 1. The van der Waals surface area contributed by atoms with E-state index in [0.29, 0.717) is 5.82 Å². The van der Waals surface area contributed by atoms with E-state index < -0.39 is 0 Å². The van der Waals surface area contributed by atoms with Crippen LogP contribution in [0, 0.1) is 13.8 Å². The van der Waals surface area contributed by atoms with Crippen LogP contribution in [0.1, 0.15) is 17.7 Å². The molecule has 2 aromatic heterocycles. The minimum Gasteiger partial charge on any atom is -0.382 e. The predicted molar refractivity (Wildman–Crippen MR) is 93.2 cm³/mol. The lowest BCUT2D eigenvalue weighted by Crippen LogP contribution is -2.02. The van der Waals surface area contributed by atoms with E-state index >= 15 is 0 Å². The average molecular weight is 312 g/mol. The quantitative estimate of drug-likeness (QED) is 0.575. The zero-order valence-corrected chi connectivity index (χ0v) is 13.7. The van der Waals surface area contributed by atoms with Crippen LogP contribution in [0.25, 0.3) is 11.0 Å². The van der Waals surface area contributed by atoms with Crippen molar-refractivity contribution in [3.05, 3.63) is 47.9 Å². The van der Waals surface area contributed by atoms with Crippen molar-refractivity contribution >= 4 is 28.6 Å². The number of benzene rings is 1. The molecule has 2 heterocycles. The number of aromatic nitrogens is 3. The van der Waals surface area contributed by atoms with Gasteiger partial charge in [0.15, 0.2) is 5.82 Å². The zero-order chi connectivity index (χ0) is 15.5. The number of aryl methyl sites for hydroxylation is 3. The van der Waals surface area contributed by atoms with E-state index in [4.69, 9.17) is 5.73 Å². The molecule has 114 valence electrons. The van der Waals surface area contributed by atoms with Gasteiger partial charge in [-0.3, -0.25) is 0 Å². The molecule has 22 heavy (non-hydrogen) atoms. The van der Waals surface area contributed by atoms with Gasteiger partial charge in [0.05, 0.1) is 11.8 Å². The second kappa shape index (κ2) is 6.40. The lowest BCUT2D eigenvalue weighted by molar-refractivity contribution is 0.701. The second-order valence-electron chi connectivity index (χ2n) is 5.36. The third-order valence-corrected chi connectivity index (χ3v) is 4.92. The molecule has 5 heteroatoms. The standard InChI is InChI=1S/C17H20N4S/c1-12-13(2)20-17(18)15-16(12)21(11-19-15)9-6-10-22-14-7-4-3-5-8-14/h3-5,7-8,11H,6,9-10H2,1-2H3,(H2,18,20). The first kappa shape index (κ1) is 14.9. The maximum atomic E-state index is 5.98. The molecule has 2 N–H and O–H groups in total. The first-order chi connectivity index (χ1) is 10.7. The van der Waals surface area contributed by atoms with Gasteiger partial charge in [-0.25, -0.2) is 9.97 Å². The van der Waals surface area contributed by atoms with Gasteiger partial charge < -0.3 is 10.3 Å². The van der Waals surface area contributed by atoms with Crippen LogP contribution < -0.4 is 5.73 Å². The summed E-state index contributed by atoms with van der Waals surface area (Å²) < 4.78 is 2.20. The highest BCUT2D eigenvalue weighted by molar-refractivity contribution is 7.99. The fourth-order valence-corrected chi connectivity index (χ4v) is 3.42. The van der Waals surface area contributed by atoms with Crippen molar-refractivity contribution in [1.29, 1.82) is 0 Å². The molecule has 0 unspecified atom stereocenters. The summed E-state index contributed by atoms with van der Waals surface area (Å²) in [7, 11) is 0. The molecule has 4 nitrogen and oxygen atoms in total. The van der Waals surface area contributed by atoms with Crippen LogP contribution in [0.4, 0.5) is 5.82 Å². The van der Waals surface area contributed by atoms with Gasteiger partial charge in [0.25, 0.3) is 0 Å². The molecule has 0 bridgehead atoms. The Morgan fingerprint density at radius 1 is 1.18 bits per heavy atom. The number of hydrogen-bond acceptors (Lipinski definition) is 4. The normalized spacial score (nSPS) is 11.2. The third-order valence-electron chi connectivity index (χ3n) is 3.82. The zero-order valence-electron chi connectivity index (χ0n) is 12.9. The number of imidazole rings is 1. The van der Waals surface area contributed by atoms with Gasteiger partial charge in [0.2, 0.25) is 0 Å². The van der Waals surface area contributed by atoms with Gasteiger partial charge in [0, 0.05) is 17.1 Å². The molecular weight excluding hydrogens is 292 g/mol. The third kappa shape index (κ3) is 2.95. The van der Waals surface area contributed by atoms with Crippen LogP contribution in [0.5, 0.6) is 0 Å². The van der Waals surface area contributed by atoms with Gasteiger partial charge >= 0.3 is 0 Å². The van der Waals surface area contributed by atoms with E-state index in [-0.39, 0.29) is 0 Å². The monoisotopic (exact) mass is 312 g/mol. The van der Waals surface area contributed by atoms with E-state index in [9.17, 15) is 0 Å². The van der Waals surface area contributed by atoms with Gasteiger partial charge in [-0.15, -0.1) is 11.8 Å². The molecule has 3 rings (SSSR count). The van der Waals surface area contributed by atoms with E-state index in [1.54, 1.807) is 0 Å². The number of anilines is 1. The molecule has 3 aromatic rings. The number of nitrogen functional groups attached to an aromatic ring is 1. The summed E-state index contributed by atoms with van der Waals surface area (Å²) in [6.07, 6.45) is 2.97. The molecule has 0 aliphatic heterocycles. The lowest BCUT2D eigenvalue weighted by atomic mass is 10.2. The minimum atomic E-state index is 0.524.